The SMILES string of the molecule is Cc1ccc(C)c(N2CCOCC2CCO)c1. The van der Waals surface area contributed by atoms with E-state index in [1.807, 2.05) is 0 Å². The van der Waals surface area contributed by atoms with Gasteiger partial charge in [0, 0.05) is 18.8 Å². The lowest BCUT2D eigenvalue weighted by Crippen LogP contribution is -2.46. The normalized spacial score (nSPS) is 20.6. The van der Waals surface area contributed by atoms with E-state index in [2.05, 4.69) is 36.9 Å². The fraction of sp³-hybridized carbons (Fsp3) is 0.571. The van der Waals surface area contributed by atoms with Gasteiger partial charge in [0.15, 0.2) is 0 Å². The molecule has 94 valence electrons. The predicted octanol–water partition coefficient (Wildman–Crippen LogP) is 1.89. The molecule has 3 nitrogen and oxygen atoms in total. The van der Waals surface area contributed by atoms with Gasteiger partial charge in [-0.25, -0.2) is 0 Å². The minimum Gasteiger partial charge on any atom is -0.396 e. The first-order valence-corrected chi connectivity index (χ1v) is 6.25. The summed E-state index contributed by atoms with van der Waals surface area (Å²) >= 11 is 0. The molecule has 1 unspecified atom stereocenters. The number of morpholine rings is 1. The topological polar surface area (TPSA) is 32.7 Å². The van der Waals surface area contributed by atoms with Gasteiger partial charge in [-0.3, -0.25) is 0 Å². The summed E-state index contributed by atoms with van der Waals surface area (Å²) in [7, 11) is 0. The molecule has 17 heavy (non-hydrogen) atoms. The van der Waals surface area contributed by atoms with Crippen LogP contribution in [0.25, 0.3) is 0 Å². The Morgan fingerprint density at radius 1 is 1.41 bits per heavy atom. The summed E-state index contributed by atoms with van der Waals surface area (Å²) in [5.41, 5.74) is 3.85. The van der Waals surface area contributed by atoms with Gasteiger partial charge in [0.05, 0.1) is 19.3 Å². The van der Waals surface area contributed by atoms with Crippen molar-refractivity contribution in [1.29, 1.82) is 0 Å². The fourth-order valence-electron chi connectivity index (χ4n) is 2.39. The summed E-state index contributed by atoms with van der Waals surface area (Å²) in [5, 5.41) is 9.12. The maximum absolute atomic E-state index is 9.12. The Labute approximate surface area is 103 Å². The van der Waals surface area contributed by atoms with E-state index in [-0.39, 0.29) is 6.61 Å². The van der Waals surface area contributed by atoms with Crippen LogP contribution >= 0.6 is 0 Å². The molecule has 1 N–H and O–H groups in total. The van der Waals surface area contributed by atoms with Crippen LogP contribution in [0, 0.1) is 13.8 Å². The number of aliphatic hydroxyl groups is 1. The largest absolute Gasteiger partial charge is 0.396 e. The van der Waals surface area contributed by atoms with Crippen LogP contribution in [0.3, 0.4) is 0 Å². The van der Waals surface area contributed by atoms with E-state index in [9.17, 15) is 0 Å². The summed E-state index contributed by atoms with van der Waals surface area (Å²) in [5.74, 6) is 0. The Morgan fingerprint density at radius 3 is 3.00 bits per heavy atom. The van der Waals surface area contributed by atoms with Gasteiger partial charge < -0.3 is 14.7 Å². The second-order valence-electron chi connectivity index (χ2n) is 4.72. The van der Waals surface area contributed by atoms with Crippen molar-refractivity contribution in [2.75, 3.05) is 31.3 Å². The summed E-state index contributed by atoms with van der Waals surface area (Å²) in [6, 6.07) is 6.83. The van der Waals surface area contributed by atoms with E-state index in [0.717, 1.165) is 19.6 Å². The number of anilines is 1. The van der Waals surface area contributed by atoms with Crippen molar-refractivity contribution >= 4 is 5.69 Å². The Morgan fingerprint density at radius 2 is 2.24 bits per heavy atom. The van der Waals surface area contributed by atoms with Crippen LogP contribution in [0.1, 0.15) is 17.5 Å². The van der Waals surface area contributed by atoms with Crippen molar-refractivity contribution < 1.29 is 9.84 Å². The van der Waals surface area contributed by atoms with Crippen molar-refractivity contribution in [3.8, 4) is 0 Å². The molecule has 0 amide bonds. The Kier molecular flexibility index (Phi) is 4.02. The molecule has 0 saturated carbocycles. The first kappa shape index (κ1) is 12.4. The lowest BCUT2D eigenvalue weighted by molar-refractivity contribution is 0.0849. The molecule has 0 aliphatic carbocycles. The van der Waals surface area contributed by atoms with Gasteiger partial charge in [0.2, 0.25) is 0 Å². The minimum atomic E-state index is 0.218. The van der Waals surface area contributed by atoms with Crippen LogP contribution in [0.5, 0.6) is 0 Å². The molecule has 1 aliphatic rings. The molecule has 1 aromatic carbocycles. The van der Waals surface area contributed by atoms with Gasteiger partial charge in [0.25, 0.3) is 0 Å². The molecule has 1 aliphatic heterocycles. The molecule has 2 rings (SSSR count). The Hall–Kier alpha value is -1.06. The Balaban J connectivity index is 2.25. The Bertz CT molecular complexity index is 376. The minimum absolute atomic E-state index is 0.218. The first-order chi connectivity index (χ1) is 8.22. The van der Waals surface area contributed by atoms with Crippen molar-refractivity contribution in [3.63, 3.8) is 0 Å². The van der Waals surface area contributed by atoms with E-state index >= 15 is 0 Å². The lowest BCUT2D eigenvalue weighted by Gasteiger charge is -2.38. The predicted molar refractivity (Wildman–Crippen MR) is 69.6 cm³/mol. The second kappa shape index (κ2) is 5.52. The fourth-order valence-corrected chi connectivity index (χ4v) is 2.39. The van der Waals surface area contributed by atoms with Gasteiger partial charge in [-0.1, -0.05) is 12.1 Å². The van der Waals surface area contributed by atoms with Gasteiger partial charge in [-0.2, -0.15) is 0 Å². The van der Waals surface area contributed by atoms with Crippen molar-refractivity contribution in [2.24, 2.45) is 0 Å². The van der Waals surface area contributed by atoms with E-state index in [1.165, 1.54) is 16.8 Å². The smallest absolute Gasteiger partial charge is 0.0671 e. The van der Waals surface area contributed by atoms with Crippen LogP contribution in [0.15, 0.2) is 18.2 Å². The molecule has 1 fully saturated rings. The molecule has 0 bridgehead atoms. The molecule has 0 aromatic heterocycles. The maximum Gasteiger partial charge on any atom is 0.0671 e. The highest BCUT2D eigenvalue weighted by Crippen LogP contribution is 2.26. The number of ether oxygens (including phenoxy) is 1. The average molecular weight is 235 g/mol. The van der Waals surface area contributed by atoms with Crippen molar-refractivity contribution in [3.05, 3.63) is 29.3 Å². The van der Waals surface area contributed by atoms with Crippen LogP contribution in [0.2, 0.25) is 0 Å². The average Bonchev–Trinajstić information content (AvgIpc) is 2.34. The quantitative estimate of drug-likeness (QED) is 0.868. The van der Waals surface area contributed by atoms with Crippen LogP contribution in [-0.2, 0) is 4.74 Å². The van der Waals surface area contributed by atoms with E-state index < -0.39 is 0 Å². The number of aryl methyl sites for hydroxylation is 2. The zero-order valence-electron chi connectivity index (χ0n) is 10.6. The summed E-state index contributed by atoms with van der Waals surface area (Å²) < 4.78 is 5.50. The summed E-state index contributed by atoms with van der Waals surface area (Å²) in [6.45, 7) is 6.87. The highest BCUT2D eigenvalue weighted by Gasteiger charge is 2.23. The third kappa shape index (κ3) is 2.79. The standard InChI is InChI=1S/C14H21NO2/c1-11-3-4-12(2)14(9-11)15-6-8-17-10-13(15)5-7-16/h3-4,9,13,16H,5-8,10H2,1-2H3. The number of nitrogens with zero attached hydrogens (tertiary/aromatic N) is 1. The lowest BCUT2D eigenvalue weighted by atomic mass is 10.1. The molecule has 0 spiro atoms. The number of hydrogen-bond acceptors (Lipinski definition) is 3. The third-order valence-corrected chi connectivity index (χ3v) is 3.36. The molecule has 1 aromatic rings. The molecule has 1 atom stereocenters. The van der Waals surface area contributed by atoms with Crippen LogP contribution < -0.4 is 4.90 Å². The number of rotatable bonds is 3. The zero-order chi connectivity index (χ0) is 12.3. The molecule has 1 saturated heterocycles. The molecule has 0 radical (unpaired) electrons. The van der Waals surface area contributed by atoms with Crippen LogP contribution in [0.4, 0.5) is 5.69 Å². The van der Waals surface area contributed by atoms with E-state index in [1.54, 1.807) is 0 Å². The zero-order valence-corrected chi connectivity index (χ0v) is 10.6. The highest BCUT2D eigenvalue weighted by molar-refractivity contribution is 5.56. The highest BCUT2D eigenvalue weighted by atomic mass is 16.5. The van der Waals surface area contributed by atoms with E-state index in [0.29, 0.717) is 12.6 Å². The number of hydrogen-bond donors (Lipinski definition) is 1. The number of benzene rings is 1. The van der Waals surface area contributed by atoms with Crippen molar-refractivity contribution in [2.45, 2.75) is 26.3 Å². The second-order valence-corrected chi connectivity index (χ2v) is 4.72. The third-order valence-electron chi connectivity index (χ3n) is 3.36. The van der Waals surface area contributed by atoms with Gasteiger partial charge in [-0.05, 0) is 37.5 Å². The maximum atomic E-state index is 9.12. The van der Waals surface area contributed by atoms with Gasteiger partial charge in [0.1, 0.15) is 0 Å². The summed E-state index contributed by atoms with van der Waals surface area (Å²) in [6.07, 6.45) is 0.771. The van der Waals surface area contributed by atoms with Crippen molar-refractivity contribution in [1.82, 2.24) is 0 Å². The molecule has 3 heteroatoms. The summed E-state index contributed by atoms with van der Waals surface area (Å²) in [4.78, 5) is 2.38. The van der Waals surface area contributed by atoms with Gasteiger partial charge in [-0.15, -0.1) is 0 Å². The van der Waals surface area contributed by atoms with Crippen LogP contribution in [-0.4, -0.2) is 37.5 Å². The number of aliphatic hydroxyl groups excluding tert-OH is 1. The monoisotopic (exact) mass is 235 g/mol. The van der Waals surface area contributed by atoms with Gasteiger partial charge >= 0.3 is 0 Å². The molecular weight excluding hydrogens is 214 g/mol. The van der Waals surface area contributed by atoms with E-state index in [4.69, 9.17) is 9.84 Å². The molecular formula is C14H21NO2. The first-order valence-electron chi connectivity index (χ1n) is 6.25. The molecule has 1 heterocycles.